The average Bonchev–Trinajstić information content (AvgIpc) is 2.66. The van der Waals surface area contributed by atoms with Crippen molar-refractivity contribution < 1.29 is 26.8 Å². The third-order valence-corrected chi connectivity index (χ3v) is 2.97. The van der Waals surface area contributed by atoms with E-state index in [1.165, 1.54) is 11.1 Å². The van der Waals surface area contributed by atoms with Crippen LogP contribution in [0.4, 0.5) is 0 Å². The van der Waals surface area contributed by atoms with Crippen molar-refractivity contribution in [1.29, 1.82) is 0 Å². The molecule has 104 valence electrons. The summed E-state index contributed by atoms with van der Waals surface area (Å²) in [4.78, 5) is 0. The van der Waals surface area contributed by atoms with Crippen molar-refractivity contribution in [1.82, 2.24) is 0 Å². The minimum atomic E-state index is 0. The molecule has 1 N–H and O–H groups in total. The molecule has 0 bridgehead atoms. The fourth-order valence-corrected chi connectivity index (χ4v) is 2.19. The Bertz CT molecular complexity index is 473. The molecule has 0 atom stereocenters. The number of phenolic OH excluding ortho intramolecular Hbond substituents is 1. The van der Waals surface area contributed by atoms with Crippen LogP contribution in [0.2, 0.25) is 0 Å². The first-order chi connectivity index (χ1) is 7.50. The third-order valence-electron chi connectivity index (χ3n) is 2.97. The molecule has 1 aromatic rings. The van der Waals surface area contributed by atoms with E-state index >= 15 is 0 Å². The van der Waals surface area contributed by atoms with Crippen molar-refractivity contribution in [2.45, 2.75) is 27.2 Å². The van der Waals surface area contributed by atoms with Crippen LogP contribution in [0.15, 0.2) is 42.0 Å². The van der Waals surface area contributed by atoms with E-state index in [9.17, 15) is 5.11 Å². The van der Waals surface area contributed by atoms with Crippen LogP contribution in [0.25, 0.3) is 5.57 Å². The summed E-state index contributed by atoms with van der Waals surface area (Å²) in [6.07, 6.45) is 5.27. The monoisotopic (exact) mass is 334 g/mol. The average molecular weight is 335 g/mol. The van der Waals surface area contributed by atoms with Crippen LogP contribution in [0.5, 0.6) is 5.75 Å². The molecule has 1 nitrogen and oxygen atoms in total. The fourth-order valence-electron chi connectivity index (χ4n) is 2.19. The van der Waals surface area contributed by atoms with E-state index in [4.69, 9.17) is 0 Å². The molecule has 0 saturated heterocycles. The first kappa shape index (κ1) is 21.1. The van der Waals surface area contributed by atoms with Gasteiger partial charge in [-0.05, 0) is 29.0 Å². The van der Waals surface area contributed by atoms with Crippen LogP contribution in [-0.4, -0.2) is 5.11 Å². The molecule has 0 radical (unpaired) electrons. The molecule has 0 unspecified atom stereocenters. The second-order valence-electron chi connectivity index (χ2n) is 5.27. The van der Waals surface area contributed by atoms with Gasteiger partial charge in [0.2, 0.25) is 0 Å². The smallest absolute Gasteiger partial charge is 0.123 e. The Kier molecular flexibility index (Phi) is 9.07. The van der Waals surface area contributed by atoms with E-state index in [1.807, 2.05) is 18.2 Å². The standard InChI is InChI=1S/C15H18O.2ClH.Ti/c1-15(2,3)13-9-6-8-11(13)12-7-4-5-10-14(12)16;;;/h4-7,9-10,16H,8H2,1-3H3;2*1H;. The Morgan fingerprint density at radius 3 is 2.16 bits per heavy atom. The van der Waals surface area contributed by atoms with Crippen LogP contribution < -0.4 is 0 Å². The van der Waals surface area contributed by atoms with E-state index in [0.29, 0.717) is 5.75 Å². The van der Waals surface area contributed by atoms with Gasteiger partial charge in [0, 0.05) is 27.3 Å². The number of para-hydroxylation sites is 1. The van der Waals surface area contributed by atoms with E-state index in [1.54, 1.807) is 6.07 Å². The number of allylic oxidation sites excluding steroid dienone is 4. The number of hydrogen-bond acceptors (Lipinski definition) is 1. The van der Waals surface area contributed by atoms with Gasteiger partial charge in [0.05, 0.1) is 0 Å². The Morgan fingerprint density at radius 2 is 1.63 bits per heavy atom. The number of aromatic hydroxyl groups is 1. The van der Waals surface area contributed by atoms with Gasteiger partial charge in [-0.1, -0.05) is 51.1 Å². The van der Waals surface area contributed by atoms with E-state index in [2.05, 4.69) is 32.9 Å². The molecule has 19 heavy (non-hydrogen) atoms. The summed E-state index contributed by atoms with van der Waals surface area (Å²) in [6.45, 7) is 6.62. The molecule has 2 rings (SSSR count). The Labute approximate surface area is 142 Å². The zero-order chi connectivity index (χ0) is 11.8. The second-order valence-corrected chi connectivity index (χ2v) is 5.27. The van der Waals surface area contributed by atoms with Crippen molar-refractivity contribution >= 4 is 30.4 Å². The number of phenols is 1. The second kappa shape index (κ2) is 8.16. The number of hydrogen-bond donors (Lipinski definition) is 1. The fraction of sp³-hybridized carbons (Fsp3) is 0.333. The number of benzene rings is 1. The van der Waals surface area contributed by atoms with Crippen molar-refractivity contribution in [2.24, 2.45) is 5.41 Å². The van der Waals surface area contributed by atoms with Crippen LogP contribution in [-0.2, 0) is 21.7 Å². The van der Waals surface area contributed by atoms with Crippen LogP contribution in [0, 0.1) is 5.41 Å². The predicted molar refractivity (Wildman–Crippen MR) is 82.7 cm³/mol. The summed E-state index contributed by atoms with van der Waals surface area (Å²) in [5.41, 5.74) is 3.68. The molecule has 1 aromatic carbocycles. The Hall–Kier alpha value is -0.206. The van der Waals surface area contributed by atoms with Gasteiger partial charge in [-0.15, -0.1) is 24.8 Å². The minimum Gasteiger partial charge on any atom is -0.507 e. The van der Waals surface area contributed by atoms with Gasteiger partial charge < -0.3 is 5.11 Å². The quantitative estimate of drug-likeness (QED) is 0.717. The zero-order valence-corrected chi connectivity index (χ0v) is 14.6. The minimum absolute atomic E-state index is 0. The molecule has 0 heterocycles. The first-order valence-corrected chi connectivity index (χ1v) is 5.68. The summed E-state index contributed by atoms with van der Waals surface area (Å²) in [6, 6.07) is 7.57. The van der Waals surface area contributed by atoms with Crippen LogP contribution in [0.1, 0.15) is 32.8 Å². The molecule has 0 aliphatic heterocycles. The van der Waals surface area contributed by atoms with Crippen LogP contribution in [0.3, 0.4) is 0 Å². The first-order valence-electron chi connectivity index (χ1n) is 5.68. The summed E-state index contributed by atoms with van der Waals surface area (Å²) >= 11 is 0. The molecule has 4 heteroatoms. The van der Waals surface area contributed by atoms with Crippen molar-refractivity contribution in [2.75, 3.05) is 0 Å². The molecule has 0 fully saturated rings. The third kappa shape index (κ3) is 4.68. The van der Waals surface area contributed by atoms with Gasteiger partial charge in [0.25, 0.3) is 0 Å². The maximum absolute atomic E-state index is 9.89. The van der Waals surface area contributed by atoms with Gasteiger partial charge in [-0.3, -0.25) is 0 Å². The SMILES string of the molecule is CC(C)(C)C1=C(c2ccccc2O)CC=C1.Cl.Cl.[Ti]. The summed E-state index contributed by atoms with van der Waals surface area (Å²) in [5, 5.41) is 9.89. The summed E-state index contributed by atoms with van der Waals surface area (Å²) < 4.78 is 0. The maximum Gasteiger partial charge on any atom is 0.123 e. The van der Waals surface area contributed by atoms with E-state index in [0.717, 1.165) is 12.0 Å². The van der Waals surface area contributed by atoms with Gasteiger partial charge in [0.1, 0.15) is 5.75 Å². The van der Waals surface area contributed by atoms with Gasteiger partial charge in [-0.25, -0.2) is 0 Å². The molecule has 0 saturated carbocycles. The van der Waals surface area contributed by atoms with E-state index in [-0.39, 0.29) is 51.9 Å². The molecule has 0 spiro atoms. The zero-order valence-electron chi connectivity index (χ0n) is 11.4. The topological polar surface area (TPSA) is 20.2 Å². The number of halogens is 2. The molecular formula is C15H20Cl2OTi. The summed E-state index contributed by atoms with van der Waals surface area (Å²) in [5.74, 6) is 0.378. The maximum atomic E-state index is 9.89. The normalized spacial score (nSPS) is 13.4. The van der Waals surface area contributed by atoms with Crippen molar-refractivity contribution in [3.8, 4) is 5.75 Å². The predicted octanol–water partition coefficient (Wildman–Crippen LogP) is 4.99. The van der Waals surface area contributed by atoms with Crippen LogP contribution >= 0.6 is 24.8 Å². The van der Waals surface area contributed by atoms with Gasteiger partial charge in [-0.2, -0.15) is 0 Å². The molecule has 1 aliphatic carbocycles. The van der Waals surface area contributed by atoms with Gasteiger partial charge in [0.15, 0.2) is 0 Å². The van der Waals surface area contributed by atoms with E-state index < -0.39 is 0 Å². The number of rotatable bonds is 1. The summed E-state index contributed by atoms with van der Waals surface area (Å²) in [7, 11) is 0. The molecule has 1 aliphatic rings. The van der Waals surface area contributed by atoms with Crippen molar-refractivity contribution in [3.63, 3.8) is 0 Å². The Balaban J connectivity index is 0. The van der Waals surface area contributed by atoms with Gasteiger partial charge >= 0.3 is 0 Å². The molecular weight excluding hydrogens is 315 g/mol. The Morgan fingerprint density at radius 1 is 1.05 bits per heavy atom. The largest absolute Gasteiger partial charge is 0.507 e. The molecule has 0 aromatic heterocycles. The van der Waals surface area contributed by atoms with Crippen molar-refractivity contribution in [3.05, 3.63) is 47.6 Å². The molecule has 0 amide bonds.